The smallest absolute Gasteiger partial charge is 0.355 e. The standard InChI is InChI=1S/C22H27NO5/c1-5-7-15-20-16(23-21(15)22(25)28-6-2)10-14(11-17(20)24)13-8-9-18(26-3)19(12-13)27-4/h8-9,12,14,23H,5-7,10-11H2,1-4H3/t14-/m0/s1. The van der Waals surface area contributed by atoms with Crippen LogP contribution in [0.15, 0.2) is 18.2 Å². The Hall–Kier alpha value is -2.76. The lowest BCUT2D eigenvalue weighted by atomic mass is 9.81. The lowest BCUT2D eigenvalue weighted by Crippen LogP contribution is -2.19. The Balaban J connectivity index is 1.98. The quantitative estimate of drug-likeness (QED) is 0.727. The van der Waals surface area contributed by atoms with Gasteiger partial charge in [-0.2, -0.15) is 0 Å². The summed E-state index contributed by atoms with van der Waals surface area (Å²) in [5, 5.41) is 0. The van der Waals surface area contributed by atoms with Crippen LogP contribution in [0.4, 0.5) is 0 Å². The second kappa shape index (κ2) is 8.50. The molecule has 1 atom stereocenters. The summed E-state index contributed by atoms with van der Waals surface area (Å²) in [6, 6.07) is 5.74. The van der Waals surface area contributed by atoms with E-state index in [0.29, 0.717) is 48.6 Å². The van der Waals surface area contributed by atoms with Crippen LogP contribution in [-0.4, -0.2) is 37.6 Å². The first-order chi connectivity index (χ1) is 13.5. The van der Waals surface area contributed by atoms with Crippen molar-refractivity contribution >= 4 is 11.8 Å². The van der Waals surface area contributed by atoms with Crippen molar-refractivity contribution in [3.8, 4) is 11.5 Å². The van der Waals surface area contributed by atoms with Crippen LogP contribution in [0.5, 0.6) is 11.5 Å². The van der Waals surface area contributed by atoms with Gasteiger partial charge in [0.25, 0.3) is 0 Å². The number of nitrogens with one attached hydrogen (secondary N) is 1. The van der Waals surface area contributed by atoms with E-state index in [0.717, 1.165) is 23.2 Å². The van der Waals surface area contributed by atoms with Gasteiger partial charge in [0.2, 0.25) is 0 Å². The van der Waals surface area contributed by atoms with Gasteiger partial charge in [-0.3, -0.25) is 4.79 Å². The summed E-state index contributed by atoms with van der Waals surface area (Å²) >= 11 is 0. The van der Waals surface area contributed by atoms with E-state index >= 15 is 0 Å². The zero-order valence-corrected chi connectivity index (χ0v) is 16.9. The van der Waals surface area contributed by atoms with Crippen molar-refractivity contribution in [1.29, 1.82) is 0 Å². The average molecular weight is 385 g/mol. The SMILES string of the molecule is CCCc1c(C(=O)OCC)[nH]c2c1C(=O)C[C@@H](c1ccc(OC)c(OC)c1)C2. The van der Waals surface area contributed by atoms with Gasteiger partial charge in [-0.05, 0) is 48.9 Å². The first-order valence-corrected chi connectivity index (χ1v) is 9.69. The van der Waals surface area contributed by atoms with E-state index in [-0.39, 0.29) is 11.7 Å². The van der Waals surface area contributed by atoms with Crippen molar-refractivity contribution in [3.63, 3.8) is 0 Å². The minimum Gasteiger partial charge on any atom is -0.493 e. The maximum absolute atomic E-state index is 13.0. The molecule has 0 radical (unpaired) electrons. The van der Waals surface area contributed by atoms with Crippen LogP contribution in [0.1, 0.15) is 70.3 Å². The molecule has 1 aliphatic carbocycles. The Bertz CT molecular complexity index is 883. The van der Waals surface area contributed by atoms with Gasteiger partial charge in [0.15, 0.2) is 17.3 Å². The first-order valence-electron chi connectivity index (χ1n) is 9.69. The second-order valence-corrected chi connectivity index (χ2v) is 6.95. The molecule has 0 bridgehead atoms. The zero-order chi connectivity index (χ0) is 20.3. The minimum absolute atomic E-state index is 0.0166. The maximum atomic E-state index is 13.0. The van der Waals surface area contributed by atoms with Crippen molar-refractivity contribution in [2.45, 2.75) is 45.4 Å². The van der Waals surface area contributed by atoms with E-state index in [9.17, 15) is 9.59 Å². The van der Waals surface area contributed by atoms with Crippen molar-refractivity contribution in [3.05, 3.63) is 46.3 Å². The molecule has 0 fully saturated rings. The molecular formula is C22H27NO5. The Morgan fingerprint density at radius 3 is 2.54 bits per heavy atom. The van der Waals surface area contributed by atoms with Gasteiger partial charge in [0, 0.05) is 17.7 Å². The molecule has 3 rings (SSSR count). The summed E-state index contributed by atoms with van der Waals surface area (Å²) < 4.78 is 15.9. The van der Waals surface area contributed by atoms with Crippen LogP contribution < -0.4 is 9.47 Å². The fraction of sp³-hybridized carbons (Fsp3) is 0.455. The molecule has 1 heterocycles. The summed E-state index contributed by atoms with van der Waals surface area (Å²) in [4.78, 5) is 28.6. The van der Waals surface area contributed by atoms with Crippen LogP contribution in [0.2, 0.25) is 0 Å². The minimum atomic E-state index is -0.393. The summed E-state index contributed by atoms with van der Waals surface area (Å²) in [5.74, 6) is 0.988. The summed E-state index contributed by atoms with van der Waals surface area (Å²) in [6.07, 6.45) is 2.59. The molecule has 1 aliphatic rings. The topological polar surface area (TPSA) is 77.6 Å². The number of ether oxygens (including phenoxy) is 3. The Labute approximate surface area is 165 Å². The molecule has 150 valence electrons. The normalized spacial score (nSPS) is 15.9. The zero-order valence-electron chi connectivity index (χ0n) is 16.9. The molecule has 0 saturated carbocycles. The molecule has 6 heteroatoms. The molecule has 1 aromatic heterocycles. The largest absolute Gasteiger partial charge is 0.493 e. The van der Waals surface area contributed by atoms with E-state index in [2.05, 4.69) is 4.98 Å². The third-order valence-corrected chi connectivity index (χ3v) is 5.20. The van der Waals surface area contributed by atoms with Gasteiger partial charge in [0.05, 0.1) is 20.8 Å². The number of carbonyl (C=O) groups is 2. The van der Waals surface area contributed by atoms with Crippen molar-refractivity contribution in [2.24, 2.45) is 0 Å². The van der Waals surface area contributed by atoms with Gasteiger partial charge < -0.3 is 19.2 Å². The Morgan fingerprint density at radius 1 is 1.14 bits per heavy atom. The van der Waals surface area contributed by atoms with E-state index < -0.39 is 5.97 Å². The molecule has 0 unspecified atom stereocenters. The third kappa shape index (κ3) is 3.63. The molecule has 2 aromatic rings. The number of esters is 1. The van der Waals surface area contributed by atoms with Gasteiger partial charge in [-0.1, -0.05) is 19.4 Å². The predicted molar refractivity (Wildman–Crippen MR) is 106 cm³/mol. The number of rotatable bonds is 7. The average Bonchev–Trinajstić information content (AvgIpc) is 3.07. The fourth-order valence-electron chi connectivity index (χ4n) is 3.95. The van der Waals surface area contributed by atoms with E-state index in [4.69, 9.17) is 14.2 Å². The number of Topliss-reactive ketones (excluding diaryl/α,β-unsaturated/α-hetero) is 1. The second-order valence-electron chi connectivity index (χ2n) is 6.95. The number of fused-ring (bicyclic) bond motifs is 1. The first kappa shape index (κ1) is 20.0. The number of aromatic nitrogens is 1. The molecule has 1 N–H and O–H groups in total. The highest BCUT2D eigenvalue weighted by Gasteiger charge is 2.33. The van der Waals surface area contributed by atoms with Gasteiger partial charge in [-0.15, -0.1) is 0 Å². The van der Waals surface area contributed by atoms with Crippen LogP contribution in [0, 0.1) is 0 Å². The highest BCUT2D eigenvalue weighted by atomic mass is 16.5. The molecule has 1 aromatic carbocycles. The van der Waals surface area contributed by atoms with Crippen molar-refractivity contribution in [2.75, 3.05) is 20.8 Å². The monoisotopic (exact) mass is 385 g/mol. The highest BCUT2D eigenvalue weighted by Crippen LogP contribution is 2.38. The van der Waals surface area contributed by atoms with Crippen LogP contribution >= 0.6 is 0 Å². The van der Waals surface area contributed by atoms with Crippen LogP contribution in [-0.2, 0) is 17.6 Å². The van der Waals surface area contributed by atoms with E-state index in [1.165, 1.54) is 0 Å². The Morgan fingerprint density at radius 2 is 1.89 bits per heavy atom. The van der Waals surface area contributed by atoms with Gasteiger partial charge in [0.1, 0.15) is 5.69 Å². The summed E-state index contributed by atoms with van der Waals surface area (Å²) in [7, 11) is 3.19. The summed E-state index contributed by atoms with van der Waals surface area (Å²) in [6.45, 7) is 4.11. The fourth-order valence-corrected chi connectivity index (χ4v) is 3.95. The number of methoxy groups -OCH3 is 2. The molecule has 0 aliphatic heterocycles. The number of benzene rings is 1. The Kier molecular flexibility index (Phi) is 6.07. The molecule has 0 amide bonds. The molecule has 0 saturated heterocycles. The number of carbonyl (C=O) groups excluding carboxylic acids is 2. The van der Waals surface area contributed by atoms with Crippen molar-refractivity contribution < 1.29 is 23.8 Å². The lowest BCUT2D eigenvalue weighted by molar-refractivity contribution is 0.0518. The number of hydrogen-bond donors (Lipinski definition) is 1. The van der Waals surface area contributed by atoms with Gasteiger partial charge >= 0.3 is 5.97 Å². The van der Waals surface area contributed by atoms with Gasteiger partial charge in [-0.25, -0.2) is 4.79 Å². The van der Waals surface area contributed by atoms with Crippen LogP contribution in [0.25, 0.3) is 0 Å². The predicted octanol–water partition coefficient (Wildman–Crippen LogP) is 4.07. The number of aromatic amines is 1. The molecule has 6 nitrogen and oxygen atoms in total. The molecule has 28 heavy (non-hydrogen) atoms. The number of hydrogen-bond acceptors (Lipinski definition) is 5. The number of H-pyrrole nitrogens is 1. The highest BCUT2D eigenvalue weighted by molar-refractivity contribution is 6.03. The van der Waals surface area contributed by atoms with Crippen molar-refractivity contribution in [1.82, 2.24) is 4.98 Å². The number of ketones is 1. The lowest BCUT2D eigenvalue weighted by Gasteiger charge is -2.23. The van der Waals surface area contributed by atoms with E-state index in [1.807, 2.05) is 25.1 Å². The molecule has 0 spiro atoms. The van der Waals surface area contributed by atoms with E-state index in [1.54, 1.807) is 21.1 Å². The third-order valence-electron chi connectivity index (χ3n) is 5.20. The van der Waals surface area contributed by atoms with Crippen LogP contribution in [0.3, 0.4) is 0 Å². The maximum Gasteiger partial charge on any atom is 0.355 e. The summed E-state index contributed by atoms with van der Waals surface area (Å²) in [5.41, 5.74) is 3.74. The molecular weight excluding hydrogens is 358 g/mol.